The lowest BCUT2D eigenvalue weighted by molar-refractivity contribution is -0.139. The van der Waals surface area contributed by atoms with E-state index in [1.807, 2.05) is 0 Å². The third-order valence-electron chi connectivity index (χ3n) is 3.87. The van der Waals surface area contributed by atoms with Gasteiger partial charge in [0.25, 0.3) is 5.91 Å². The first kappa shape index (κ1) is 15.0. The summed E-state index contributed by atoms with van der Waals surface area (Å²) in [4.78, 5) is 47.8. The Bertz CT molecular complexity index is 714. The average Bonchev–Trinajstić information content (AvgIpc) is 2.83. The zero-order valence-electron chi connectivity index (χ0n) is 12.1. The fraction of sp³-hybridized carbons (Fsp3) is 0.333. The number of hydrogen-bond donors (Lipinski definition) is 2. The van der Waals surface area contributed by atoms with E-state index in [1.165, 1.54) is 11.0 Å². The van der Waals surface area contributed by atoms with Crippen LogP contribution >= 0.6 is 0 Å². The maximum atomic E-state index is 12.6. The molecule has 2 heterocycles. The highest BCUT2D eigenvalue weighted by Crippen LogP contribution is 2.33. The SMILES string of the molecule is O=C(O)COc1cccc2c1C(=O)N(C1CCC(=O)NC1=O)C2. The summed E-state index contributed by atoms with van der Waals surface area (Å²) >= 11 is 0. The summed E-state index contributed by atoms with van der Waals surface area (Å²) in [6.45, 7) is -0.327. The van der Waals surface area contributed by atoms with Gasteiger partial charge in [-0.05, 0) is 18.1 Å². The van der Waals surface area contributed by atoms with E-state index in [9.17, 15) is 19.2 Å². The fourth-order valence-corrected chi connectivity index (χ4v) is 2.84. The molecule has 120 valence electrons. The second-order valence-electron chi connectivity index (χ2n) is 5.37. The Morgan fingerprint density at radius 1 is 1.35 bits per heavy atom. The summed E-state index contributed by atoms with van der Waals surface area (Å²) in [5, 5.41) is 10.9. The van der Waals surface area contributed by atoms with Gasteiger partial charge in [0.15, 0.2) is 6.61 Å². The van der Waals surface area contributed by atoms with Crippen molar-refractivity contribution in [2.45, 2.75) is 25.4 Å². The first-order valence-corrected chi connectivity index (χ1v) is 7.08. The Hall–Kier alpha value is -2.90. The van der Waals surface area contributed by atoms with Gasteiger partial charge in [-0.25, -0.2) is 4.79 Å². The molecule has 3 rings (SSSR count). The summed E-state index contributed by atoms with van der Waals surface area (Å²) in [6.07, 6.45) is 0.453. The minimum Gasteiger partial charge on any atom is -0.481 e. The molecule has 2 aliphatic heterocycles. The van der Waals surface area contributed by atoms with Crippen LogP contribution in [0.3, 0.4) is 0 Å². The molecule has 0 bridgehead atoms. The number of nitrogens with zero attached hydrogens (tertiary/aromatic N) is 1. The second-order valence-corrected chi connectivity index (χ2v) is 5.37. The molecule has 8 nitrogen and oxygen atoms in total. The van der Waals surface area contributed by atoms with Crippen molar-refractivity contribution in [3.63, 3.8) is 0 Å². The number of piperidine rings is 1. The van der Waals surface area contributed by atoms with E-state index >= 15 is 0 Å². The van der Waals surface area contributed by atoms with E-state index in [1.54, 1.807) is 12.1 Å². The fourth-order valence-electron chi connectivity index (χ4n) is 2.84. The van der Waals surface area contributed by atoms with Crippen molar-refractivity contribution in [3.8, 4) is 5.75 Å². The summed E-state index contributed by atoms with van der Waals surface area (Å²) < 4.78 is 5.16. The van der Waals surface area contributed by atoms with Crippen LogP contribution < -0.4 is 10.1 Å². The van der Waals surface area contributed by atoms with Crippen LogP contribution in [0.2, 0.25) is 0 Å². The lowest BCUT2D eigenvalue weighted by Crippen LogP contribution is -2.52. The van der Waals surface area contributed by atoms with Crippen LogP contribution in [0, 0.1) is 0 Å². The Balaban J connectivity index is 1.84. The van der Waals surface area contributed by atoms with Crippen molar-refractivity contribution in [1.29, 1.82) is 0 Å². The van der Waals surface area contributed by atoms with Crippen molar-refractivity contribution in [1.82, 2.24) is 10.2 Å². The lowest BCUT2D eigenvalue weighted by atomic mass is 10.0. The highest BCUT2D eigenvalue weighted by atomic mass is 16.5. The number of hydrogen-bond acceptors (Lipinski definition) is 5. The zero-order valence-corrected chi connectivity index (χ0v) is 12.1. The molecule has 2 N–H and O–H groups in total. The Labute approximate surface area is 131 Å². The molecule has 8 heteroatoms. The highest BCUT2D eigenvalue weighted by molar-refractivity contribution is 6.06. The van der Waals surface area contributed by atoms with Crippen molar-refractivity contribution in [2.75, 3.05) is 6.61 Å². The molecule has 0 spiro atoms. The van der Waals surface area contributed by atoms with E-state index < -0.39 is 30.4 Å². The number of carbonyl (C=O) groups excluding carboxylic acids is 3. The van der Waals surface area contributed by atoms with Crippen LogP contribution in [0.25, 0.3) is 0 Å². The van der Waals surface area contributed by atoms with Crippen LogP contribution in [0.1, 0.15) is 28.8 Å². The van der Waals surface area contributed by atoms with Gasteiger partial charge < -0.3 is 14.7 Å². The number of carboxylic acids is 1. The first-order chi connectivity index (χ1) is 11.0. The third-order valence-corrected chi connectivity index (χ3v) is 3.87. The molecule has 0 radical (unpaired) electrons. The topological polar surface area (TPSA) is 113 Å². The van der Waals surface area contributed by atoms with Crippen LogP contribution in [-0.2, 0) is 20.9 Å². The van der Waals surface area contributed by atoms with E-state index in [-0.39, 0.29) is 36.6 Å². The number of fused-ring (bicyclic) bond motifs is 1. The van der Waals surface area contributed by atoms with Crippen LogP contribution in [0.5, 0.6) is 5.75 Å². The van der Waals surface area contributed by atoms with Gasteiger partial charge in [0.1, 0.15) is 11.8 Å². The molecule has 0 aromatic heterocycles. The zero-order chi connectivity index (χ0) is 16.6. The van der Waals surface area contributed by atoms with Gasteiger partial charge in [-0.2, -0.15) is 0 Å². The number of nitrogens with one attached hydrogen (secondary N) is 1. The van der Waals surface area contributed by atoms with Gasteiger partial charge in [0, 0.05) is 13.0 Å². The molecule has 0 aliphatic carbocycles. The minimum absolute atomic E-state index is 0.179. The lowest BCUT2D eigenvalue weighted by Gasteiger charge is -2.29. The van der Waals surface area contributed by atoms with E-state index in [2.05, 4.69) is 5.32 Å². The monoisotopic (exact) mass is 318 g/mol. The van der Waals surface area contributed by atoms with Crippen LogP contribution in [-0.4, -0.2) is 46.3 Å². The van der Waals surface area contributed by atoms with Crippen molar-refractivity contribution in [2.24, 2.45) is 0 Å². The molecule has 1 fully saturated rings. The molecule has 1 aromatic carbocycles. The first-order valence-electron chi connectivity index (χ1n) is 7.08. The molecule has 1 unspecified atom stereocenters. The van der Waals surface area contributed by atoms with Gasteiger partial charge in [-0.3, -0.25) is 19.7 Å². The largest absolute Gasteiger partial charge is 0.481 e. The van der Waals surface area contributed by atoms with Gasteiger partial charge in [0.05, 0.1) is 5.56 Å². The quantitative estimate of drug-likeness (QED) is 0.750. The number of carbonyl (C=O) groups is 4. The number of benzene rings is 1. The normalized spacial score (nSPS) is 20.3. The number of rotatable bonds is 4. The van der Waals surface area contributed by atoms with Gasteiger partial charge in [-0.1, -0.05) is 12.1 Å². The molecular formula is C15H14N2O6. The van der Waals surface area contributed by atoms with Gasteiger partial charge in [-0.15, -0.1) is 0 Å². The Morgan fingerprint density at radius 2 is 2.13 bits per heavy atom. The van der Waals surface area contributed by atoms with E-state index in [0.717, 1.165) is 0 Å². The number of ether oxygens (including phenoxy) is 1. The number of imide groups is 1. The number of carboxylic acid groups (broad SMARTS) is 1. The predicted molar refractivity (Wildman–Crippen MR) is 75.6 cm³/mol. The standard InChI is InChI=1S/C15H14N2O6/c18-11-5-4-9(14(21)16-11)17-6-8-2-1-3-10(13(8)15(17)22)23-7-12(19)20/h1-3,9H,4-7H2,(H,19,20)(H,16,18,21). The molecule has 1 aromatic rings. The Kier molecular flexibility index (Phi) is 3.73. The minimum atomic E-state index is -1.14. The van der Waals surface area contributed by atoms with Gasteiger partial charge >= 0.3 is 5.97 Å². The third kappa shape index (κ3) is 2.75. The Morgan fingerprint density at radius 3 is 2.83 bits per heavy atom. The number of aliphatic carboxylic acids is 1. The van der Waals surface area contributed by atoms with Crippen molar-refractivity contribution in [3.05, 3.63) is 29.3 Å². The molecule has 1 atom stereocenters. The molecule has 2 aliphatic rings. The van der Waals surface area contributed by atoms with Gasteiger partial charge in [0.2, 0.25) is 11.8 Å². The van der Waals surface area contributed by atoms with Crippen LogP contribution in [0.15, 0.2) is 18.2 Å². The molecule has 23 heavy (non-hydrogen) atoms. The average molecular weight is 318 g/mol. The highest BCUT2D eigenvalue weighted by Gasteiger charge is 2.40. The van der Waals surface area contributed by atoms with E-state index in [0.29, 0.717) is 5.56 Å². The van der Waals surface area contributed by atoms with Crippen molar-refractivity contribution >= 4 is 23.7 Å². The molecule has 0 saturated carbocycles. The molecule has 1 saturated heterocycles. The van der Waals surface area contributed by atoms with Crippen molar-refractivity contribution < 1.29 is 29.0 Å². The summed E-state index contributed by atoms with van der Waals surface area (Å²) in [6, 6.07) is 4.21. The second kappa shape index (κ2) is 5.71. The molecule has 3 amide bonds. The maximum absolute atomic E-state index is 12.6. The smallest absolute Gasteiger partial charge is 0.341 e. The number of amides is 3. The summed E-state index contributed by atoms with van der Waals surface area (Å²) in [5.41, 5.74) is 0.945. The summed E-state index contributed by atoms with van der Waals surface area (Å²) in [5.74, 6) is -2.19. The summed E-state index contributed by atoms with van der Waals surface area (Å²) in [7, 11) is 0. The van der Waals surface area contributed by atoms with E-state index in [4.69, 9.17) is 9.84 Å². The maximum Gasteiger partial charge on any atom is 0.341 e. The molecular weight excluding hydrogens is 304 g/mol. The van der Waals surface area contributed by atoms with Crippen LogP contribution in [0.4, 0.5) is 0 Å². The predicted octanol–water partition coefficient (Wildman–Crippen LogP) is -0.0890.